The molecular formula is C27H41N4O13P. The highest BCUT2D eigenvalue weighted by Crippen LogP contribution is 2.56. The van der Waals surface area contributed by atoms with Crippen LogP contribution in [0.15, 0.2) is 0 Å². The number of rotatable bonds is 3. The fourth-order valence-electron chi connectivity index (χ4n) is 4.74. The van der Waals surface area contributed by atoms with Crippen molar-refractivity contribution in [2.75, 3.05) is 23.9 Å². The number of carbonyl (C=O) groups is 3. The van der Waals surface area contributed by atoms with Gasteiger partial charge in [-0.15, -0.1) is 0 Å². The normalized spacial score (nSPS) is 28.2. The summed E-state index contributed by atoms with van der Waals surface area (Å²) in [4.78, 5) is 48.9. The summed E-state index contributed by atoms with van der Waals surface area (Å²) >= 11 is 0. The van der Waals surface area contributed by atoms with Crippen LogP contribution in [0.1, 0.15) is 67.9 Å². The molecule has 18 heteroatoms. The van der Waals surface area contributed by atoms with Crippen molar-refractivity contribution in [1.29, 1.82) is 0 Å². The van der Waals surface area contributed by atoms with E-state index in [1.54, 1.807) is 62.3 Å². The fourth-order valence-corrected chi connectivity index (χ4v) is 5.88. The highest BCUT2D eigenvalue weighted by Gasteiger charge is 2.57. The number of carbonyl (C=O) groups excluding carboxylic acids is 3. The van der Waals surface area contributed by atoms with E-state index in [0.717, 1.165) is 12.0 Å². The van der Waals surface area contributed by atoms with Gasteiger partial charge in [-0.05, 0) is 68.7 Å². The third-order valence-corrected chi connectivity index (χ3v) is 7.75. The first-order valence-electron chi connectivity index (χ1n) is 14.2. The number of hydrogen-bond acceptors (Lipinski definition) is 15. The number of aliphatic hydroxyl groups is 1. The summed E-state index contributed by atoms with van der Waals surface area (Å²) in [6.07, 6.45) is -7.89. The number of aromatic nitrogens is 2. The van der Waals surface area contributed by atoms with Gasteiger partial charge in [-0.25, -0.2) is 23.8 Å². The van der Waals surface area contributed by atoms with Crippen LogP contribution in [0.3, 0.4) is 0 Å². The molecule has 1 aromatic rings. The van der Waals surface area contributed by atoms with Crippen molar-refractivity contribution >= 4 is 37.9 Å². The Morgan fingerprint density at radius 1 is 0.978 bits per heavy atom. The number of phosphoric acid groups is 1. The van der Waals surface area contributed by atoms with Crippen molar-refractivity contribution < 1.29 is 61.3 Å². The van der Waals surface area contributed by atoms with E-state index >= 15 is 0 Å². The number of ether oxygens (including phenoxy) is 5. The maximum atomic E-state index is 13.8. The van der Waals surface area contributed by atoms with Crippen molar-refractivity contribution in [2.24, 2.45) is 5.92 Å². The second-order valence-electron chi connectivity index (χ2n) is 13.6. The van der Waals surface area contributed by atoms with Gasteiger partial charge in [0.1, 0.15) is 35.2 Å². The Labute approximate surface area is 260 Å². The smallest absolute Gasteiger partial charge is 0.444 e. The molecule has 2 N–H and O–H groups in total. The molecule has 4 heterocycles. The Morgan fingerprint density at radius 2 is 1.60 bits per heavy atom. The quantitative estimate of drug-likeness (QED) is 0.263. The summed E-state index contributed by atoms with van der Waals surface area (Å²) in [5.41, 5.74) is -2.72. The molecule has 0 bridgehead atoms. The van der Waals surface area contributed by atoms with Gasteiger partial charge in [0.05, 0.1) is 18.3 Å². The largest absolute Gasteiger partial charge is 0.515 e. The van der Waals surface area contributed by atoms with Crippen molar-refractivity contribution in [2.45, 2.75) is 110 Å². The first-order valence-corrected chi connectivity index (χ1v) is 15.7. The van der Waals surface area contributed by atoms with Crippen LogP contribution in [0.25, 0.3) is 0 Å². The molecular weight excluding hydrogens is 619 g/mol. The number of hydrogen-bond donors (Lipinski definition) is 2. The van der Waals surface area contributed by atoms with E-state index in [0.29, 0.717) is 0 Å². The van der Waals surface area contributed by atoms with Crippen LogP contribution in [0.2, 0.25) is 0 Å². The molecule has 1 aromatic heterocycles. The Balaban J connectivity index is 1.84. The van der Waals surface area contributed by atoms with Gasteiger partial charge in [0.2, 0.25) is 11.8 Å². The molecule has 6 unspecified atom stereocenters. The van der Waals surface area contributed by atoms with Crippen LogP contribution in [0, 0.1) is 5.92 Å². The lowest BCUT2D eigenvalue weighted by Gasteiger charge is -2.51. The van der Waals surface area contributed by atoms with E-state index in [4.69, 9.17) is 37.3 Å². The van der Waals surface area contributed by atoms with Crippen LogP contribution in [-0.4, -0.2) is 88.5 Å². The van der Waals surface area contributed by atoms with Gasteiger partial charge >= 0.3 is 26.2 Å². The summed E-state index contributed by atoms with van der Waals surface area (Å²) in [7, 11) is -2.85. The van der Waals surface area contributed by atoms with Crippen LogP contribution in [0.4, 0.5) is 26.1 Å². The molecule has 0 radical (unpaired) electrons. The van der Waals surface area contributed by atoms with E-state index in [2.05, 4.69) is 15.3 Å². The van der Waals surface area contributed by atoms with E-state index < -0.39 is 73.4 Å². The van der Waals surface area contributed by atoms with E-state index in [1.165, 1.54) is 0 Å². The zero-order valence-electron chi connectivity index (χ0n) is 26.9. The van der Waals surface area contributed by atoms with Gasteiger partial charge < -0.3 is 28.8 Å². The topological polar surface area (TPSA) is 203 Å². The standard InChI is InChI=1S/C27H41N4O13P/c1-25(2,3)41-22(33)30-21-28-18-14(19(29-21)40-24(35)43-27(7,8)9)11-13-16(32)17-15(12-38-45(36,37-10)44-17)39-20(13)31(18)23(34)42-26(4,5)6/h13,15-17,20,32H,11-12H2,1-10H3,(H,28,29,30,33). The van der Waals surface area contributed by atoms with Crippen molar-refractivity contribution in [3.63, 3.8) is 0 Å². The van der Waals surface area contributed by atoms with Crippen LogP contribution in [-0.2, 0) is 43.5 Å². The number of anilines is 2. The average Bonchev–Trinajstić information content (AvgIpc) is 2.85. The second-order valence-corrected chi connectivity index (χ2v) is 15.3. The maximum absolute atomic E-state index is 13.8. The molecule has 3 aliphatic rings. The predicted octanol–water partition coefficient (Wildman–Crippen LogP) is 4.31. The summed E-state index contributed by atoms with van der Waals surface area (Å²) in [6, 6.07) is 0. The second kappa shape index (κ2) is 12.3. The van der Waals surface area contributed by atoms with Crippen LogP contribution < -0.4 is 15.0 Å². The number of fused-ring (bicyclic) bond motifs is 3. The number of amides is 2. The van der Waals surface area contributed by atoms with Crippen molar-refractivity contribution in [1.82, 2.24) is 9.97 Å². The van der Waals surface area contributed by atoms with Gasteiger partial charge in [0.15, 0.2) is 5.82 Å². The van der Waals surface area contributed by atoms with Crippen molar-refractivity contribution in [3.05, 3.63) is 5.56 Å². The molecule has 252 valence electrons. The monoisotopic (exact) mass is 660 g/mol. The Kier molecular flexibility index (Phi) is 9.48. The zero-order valence-corrected chi connectivity index (χ0v) is 27.8. The molecule has 17 nitrogen and oxygen atoms in total. The van der Waals surface area contributed by atoms with E-state index in [1.807, 2.05) is 0 Å². The summed E-state index contributed by atoms with van der Waals surface area (Å²) in [6.45, 7) is 14.5. The van der Waals surface area contributed by atoms with E-state index in [9.17, 15) is 24.1 Å². The lowest BCUT2D eigenvalue weighted by Crippen LogP contribution is -2.65. The van der Waals surface area contributed by atoms with Gasteiger partial charge in [-0.1, -0.05) is 0 Å². The Hall–Kier alpha value is -3.08. The highest BCUT2D eigenvalue weighted by atomic mass is 31.2. The number of aliphatic hydroxyl groups excluding tert-OH is 1. The molecule has 2 saturated heterocycles. The van der Waals surface area contributed by atoms with Crippen molar-refractivity contribution in [3.8, 4) is 5.88 Å². The molecule has 6 atom stereocenters. The number of phosphoric ester groups is 1. The lowest BCUT2D eigenvalue weighted by molar-refractivity contribution is -0.219. The first-order chi connectivity index (χ1) is 20.6. The van der Waals surface area contributed by atoms with Crippen LogP contribution >= 0.6 is 7.82 Å². The molecule has 45 heavy (non-hydrogen) atoms. The third-order valence-electron chi connectivity index (χ3n) is 6.34. The fraction of sp³-hybridized carbons (Fsp3) is 0.741. The van der Waals surface area contributed by atoms with Gasteiger partial charge in [0, 0.05) is 13.0 Å². The highest BCUT2D eigenvalue weighted by molar-refractivity contribution is 7.48. The Morgan fingerprint density at radius 3 is 2.18 bits per heavy atom. The predicted molar refractivity (Wildman–Crippen MR) is 155 cm³/mol. The summed E-state index contributed by atoms with van der Waals surface area (Å²) in [5.74, 6) is -1.87. The molecule has 0 saturated carbocycles. The third kappa shape index (κ3) is 8.40. The van der Waals surface area contributed by atoms with Crippen LogP contribution in [0.5, 0.6) is 5.88 Å². The molecule has 0 spiro atoms. The zero-order chi connectivity index (χ0) is 33.7. The molecule has 2 amide bonds. The number of nitrogens with one attached hydrogen (secondary N) is 1. The molecule has 2 fully saturated rings. The Bertz CT molecular complexity index is 1370. The minimum Gasteiger partial charge on any atom is -0.444 e. The minimum absolute atomic E-state index is 0.0748. The van der Waals surface area contributed by atoms with Gasteiger partial charge in [-0.3, -0.25) is 18.9 Å². The summed E-state index contributed by atoms with van der Waals surface area (Å²) in [5, 5.41) is 13.9. The SMILES string of the molecule is COP1(=O)OCC2OC3C(Cc4c(OC(=O)OC(C)(C)C)nc(NC(=O)OC(C)(C)C)nc4N3C(=O)OC(C)(C)C)C(O)C2O1. The van der Waals surface area contributed by atoms with Gasteiger partial charge in [0.25, 0.3) is 0 Å². The molecule has 0 aromatic carbocycles. The molecule has 4 rings (SSSR count). The molecule has 0 aliphatic carbocycles. The van der Waals surface area contributed by atoms with E-state index in [-0.39, 0.29) is 36.2 Å². The van der Waals surface area contributed by atoms with Gasteiger partial charge in [-0.2, -0.15) is 9.97 Å². The first kappa shape index (κ1) is 34.8. The lowest BCUT2D eigenvalue weighted by atomic mass is 9.82. The maximum Gasteiger partial charge on any atom is 0.515 e. The number of nitrogens with zero attached hydrogens (tertiary/aromatic N) is 3. The summed E-state index contributed by atoms with van der Waals surface area (Å²) < 4.78 is 56.4. The molecule has 3 aliphatic heterocycles. The average molecular weight is 661 g/mol. The minimum atomic E-state index is -3.99.